The monoisotopic (exact) mass is 477 g/mol. The van der Waals surface area contributed by atoms with E-state index in [9.17, 15) is 12.8 Å². The zero-order valence-corrected chi connectivity index (χ0v) is 18.0. The topological polar surface area (TPSA) is 85.1 Å². The SMILES string of the molecule is O=S(=O)(N[C@@H](c1ccc(Cl)cc1)c1nnc(-c2ccccc2)o1)c1ccc(F)c(Cl)c1. The van der Waals surface area contributed by atoms with Gasteiger partial charge in [-0.1, -0.05) is 53.5 Å². The lowest BCUT2D eigenvalue weighted by Gasteiger charge is -2.16. The first-order valence-corrected chi connectivity index (χ1v) is 11.2. The number of sulfonamides is 1. The minimum absolute atomic E-state index is 0.0259. The van der Waals surface area contributed by atoms with Gasteiger partial charge in [-0.05, 0) is 48.0 Å². The van der Waals surface area contributed by atoms with Gasteiger partial charge in [-0.15, -0.1) is 10.2 Å². The Morgan fingerprint density at radius 1 is 0.935 bits per heavy atom. The Morgan fingerprint density at radius 2 is 1.65 bits per heavy atom. The lowest BCUT2D eigenvalue weighted by molar-refractivity contribution is 0.464. The van der Waals surface area contributed by atoms with Gasteiger partial charge in [-0.2, -0.15) is 4.72 Å². The molecule has 158 valence electrons. The van der Waals surface area contributed by atoms with Gasteiger partial charge in [0.25, 0.3) is 0 Å². The Kier molecular flexibility index (Phi) is 6.06. The molecule has 0 spiro atoms. The van der Waals surface area contributed by atoms with E-state index in [2.05, 4.69) is 14.9 Å². The molecular weight excluding hydrogens is 464 g/mol. The number of halogens is 3. The molecule has 0 fully saturated rings. The van der Waals surface area contributed by atoms with E-state index in [1.54, 1.807) is 36.4 Å². The summed E-state index contributed by atoms with van der Waals surface area (Å²) in [5, 5.41) is 8.24. The Morgan fingerprint density at radius 3 is 2.32 bits per heavy atom. The van der Waals surface area contributed by atoms with Crippen LogP contribution in [0.15, 0.2) is 82.1 Å². The summed E-state index contributed by atoms with van der Waals surface area (Å²) >= 11 is 11.7. The first-order valence-electron chi connectivity index (χ1n) is 8.95. The van der Waals surface area contributed by atoms with Crippen molar-refractivity contribution in [1.82, 2.24) is 14.9 Å². The number of hydrogen-bond acceptors (Lipinski definition) is 5. The van der Waals surface area contributed by atoms with Crippen LogP contribution in [0.25, 0.3) is 11.5 Å². The summed E-state index contributed by atoms with van der Waals surface area (Å²) < 4.78 is 47.8. The quantitative estimate of drug-likeness (QED) is 0.409. The van der Waals surface area contributed by atoms with Crippen LogP contribution in [0.3, 0.4) is 0 Å². The van der Waals surface area contributed by atoms with Gasteiger partial charge < -0.3 is 4.42 Å². The van der Waals surface area contributed by atoms with Gasteiger partial charge in [-0.25, -0.2) is 12.8 Å². The third kappa shape index (κ3) is 4.77. The largest absolute Gasteiger partial charge is 0.419 e. The summed E-state index contributed by atoms with van der Waals surface area (Å²) in [5.74, 6) is -0.462. The predicted octanol–water partition coefficient (Wildman–Crippen LogP) is 5.25. The Bertz CT molecular complexity index is 1310. The molecule has 0 saturated heterocycles. The van der Waals surface area contributed by atoms with Crippen LogP contribution >= 0.6 is 23.2 Å². The maximum Gasteiger partial charge on any atom is 0.247 e. The van der Waals surface area contributed by atoms with Gasteiger partial charge >= 0.3 is 0 Å². The van der Waals surface area contributed by atoms with E-state index >= 15 is 0 Å². The van der Waals surface area contributed by atoms with Crippen molar-refractivity contribution in [2.45, 2.75) is 10.9 Å². The van der Waals surface area contributed by atoms with Crippen molar-refractivity contribution < 1.29 is 17.2 Å². The average molecular weight is 478 g/mol. The van der Waals surface area contributed by atoms with E-state index in [1.807, 2.05) is 18.2 Å². The van der Waals surface area contributed by atoms with Crippen LogP contribution in [0.4, 0.5) is 4.39 Å². The first-order chi connectivity index (χ1) is 14.8. The summed E-state index contributed by atoms with van der Waals surface area (Å²) in [5.41, 5.74) is 1.20. The summed E-state index contributed by atoms with van der Waals surface area (Å²) in [6, 6.07) is 17.7. The third-order valence-corrected chi connectivity index (χ3v) is 6.35. The van der Waals surface area contributed by atoms with Crippen molar-refractivity contribution in [2.75, 3.05) is 0 Å². The number of nitrogens with one attached hydrogen (secondary N) is 1. The molecule has 0 radical (unpaired) electrons. The molecule has 1 N–H and O–H groups in total. The second-order valence-corrected chi connectivity index (χ2v) is 9.05. The summed E-state index contributed by atoms with van der Waals surface area (Å²) in [7, 11) is -4.12. The van der Waals surface area contributed by atoms with Crippen LogP contribution < -0.4 is 4.72 Å². The number of nitrogens with zero attached hydrogens (tertiary/aromatic N) is 2. The molecule has 4 rings (SSSR count). The number of hydrogen-bond donors (Lipinski definition) is 1. The Balaban J connectivity index is 1.74. The summed E-state index contributed by atoms with van der Waals surface area (Å²) in [6.45, 7) is 0. The van der Waals surface area contributed by atoms with Crippen molar-refractivity contribution >= 4 is 33.2 Å². The zero-order chi connectivity index (χ0) is 22.0. The van der Waals surface area contributed by atoms with Gasteiger partial charge in [-0.3, -0.25) is 0 Å². The molecule has 31 heavy (non-hydrogen) atoms. The van der Waals surface area contributed by atoms with Crippen LogP contribution in [0, 0.1) is 5.82 Å². The Labute approximate surface area is 187 Å². The van der Waals surface area contributed by atoms with Crippen LogP contribution in [-0.4, -0.2) is 18.6 Å². The highest BCUT2D eigenvalue weighted by atomic mass is 35.5. The molecule has 10 heteroatoms. The molecular formula is C21H14Cl2FN3O3S. The van der Waals surface area contributed by atoms with E-state index in [-0.39, 0.29) is 21.7 Å². The molecule has 6 nitrogen and oxygen atoms in total. The number of aromatic nitrogens is 2. The minimum atomic E-state index is -4.12. The van der Waals surface area contributed by atoms with E-state index in [0.717, 1.165) is 18.2 Å². The van der Waals surface area contributed by atoms with Crippen LogP contribution in [-0.2, 0) is 10.0 Å². The maximum absolute atomic E-state index is 13.5. The fraction of sp³-hybridized carbons (Fsp3) is 0.0476. The third-order valence-electron chi connectivity index (χ3n) is 4.39. The minimum Gasteiger partial charge on any atom is -0.419 e. The fourth-order valence-corrected chi connectivity index (χ4v) is 4.41. The molecule has 0 bridgehead atoms. The number of benzene rings is 3. The maximum atomic E-state index is 13.5. The first kappa shape index (κ1) is 21.5. The zero-order valence-electron chi connectivity index (χ0n) is 15.7. The van der Waals surface area contributed by atoms with Gasteiger partial charge in [0.15, 0.2) is 0 Å². The van der Waals surface area contributed by atoms with E-state index in [4.69, 9.17) is 27.6 Å². The van der Waals surface area contributed by atoms with Crippen molar-refractivity contribution in [3.05, 3.63) is 100 Å². The van der Waals surface area contributed by atoms with Gasteiger partial charge in [0.1, 0.15) is 11.9 Å². The molecule has 1 aromatic heterocycles. The molecule has 1 heterocycles. The fourth-order valence-electron chi connectivity index (χ4n) is 2.83. The molecule has 1 atom stereocenters. The normalized spacial score (nSPS) is 12.6. The van der Waals surface area contributed by atoms with Crippen LogP contribution in [0.2, 0.25) is 10.0 Å². The molecule has 0 unspecified atom stereocenters. The summed E-state index contributed by atoms with van der Waals surface area (Å²) in [6.07, 6.45) is 0. The summed E-state index contributed by atoms with van der Waals surface area (Å²) in [4.78, 5) is -0.208. The van der Waals surface area contributed by atoms with Crippen molar-refractivity contribution in [2.24, 2.45) is 0 Å². The predicted molar refractivity (Wildman–Crippen MR) is 115 cm³/mol. The molecule has 0 saturated carbocycles. The molecule has 0 amide bonds. The standard InChI is InChI=1S/C21H14Cl2FN3O3S/c22-15-8-6-13(7-9-15)19(21-26-25-20(30-21)14-4-2-1-3-5-14)27-31(28,29)16-10-11-18(24)17(23)12-16/h1-12,19,27H/t19-/m0/s1. The Hall–Kier alpha value is -2.78. The van der Waals surface area contributed by atoms with Gasteiger partial charge in [0, 0.05) is 10.6 Å². The lowest BCUT2D eigenvalue weighted by Crippen LogP contribution is -2.29. The molecule has 0 aliphatic carbocycles. The van der Waals surface area contributed by atoms with Crippen molar-refractivity contribution in [3.8, 4) is 11.5 Å². The highest BCUT2D eigenvalue weighted by molar-refractivity contribution is 7.89. The molecule has 4 aromatic rings. The van der Waals surface area contributed by atoms with E-state index in [1.165, 1.54) is 0 Å². The van der Waals surface area contributed by atoms with Crippen LogP contribution in [0.5, 0.6) is 0 Å². The lowest BCUT2D eigenvalue weighted by atomic mass is 10.1. The van der Waals surface area contributed by atoms with Gasteiger partial charge in [0.05, 0.1) is 9.92 Å². The average Bonchev–Trinajstić information content (AvgIpc) is 3.25. The van der Waals surface area contributed by atoms with Crippen molar-refractivity contribution in [1.29, 1.82) is 0 Å². The molecule has 3 aromatic carbocycles. The second-order valence-electron chi connectivity index (χ2n) is 6.49. The highest BCUT2D eigenvalue weighted by Gasteiger charge is 2.28. The highest BCUT2D eigenvalue weighted by Crippen LogP contribution is 2.28. The molecule has 0 aliphatic rings. The molecule has 0 aliphatic heterocycles. The van der Waals surface area contributed by atoms with E-state index in [0.29, 0.717) is 16.1 Å². The number of rotatable bonds is 6. The second kappa shape index (κ2) is 8.76. The van der Waals surface area contributed by atoms with Crippen LogP contribution in [0.1, 0.15) is 17.5 Å². The van der Waals surface area contributed by atoms with Gasteiger partial charge in [0.2, 0.25) is 21.8 Å². The van der Waals surface area contributed by atoms with Crippen molar-refractivity contribution in [3.63, 3.8) is 0 Å². The smallest absolute Gasteiger partial charge is 0.247 e. The van der Waals surface area contributed by atoms with E-state index < -0.39 is 21.9 Å².